The Hall–Kier alpha value is -2.42. The van der Waals surface area contributed by atoms with E-state index >= 15 is 0 Å². The summed E-state index contributed by atoms with van der Waals surface area (Å²) >= 11 is 0.263. The van der Waals surface area contributed by atoms with E-state index in [1.165, 1.54) is 24.0 Å². The summed E-state index contributed by atoms with van der Waals surface area (Å²) in [5.74, 6) is 0.602. The maximum atomic E-state index is 11.1. The van der Waals surface area contributed by atoms with Gasteiger partial charge in [0.2, 0.25) is 5.82 Å². The van der Waals surface area contributed by atoms with Gasteiger partial charge >= 0.3 is 5.82 Å². The molecule has 0 aliphatic carbocycles. The molecule has 8 nitrogen and oxygen atoms in total. The monoisotopic (exact) mass is 279 g/mol. The van der Waals surface area contributed by atoms with Gasteiger partial charge in [0.15, 0.2) is 5.82 Å². The van der Waals surface area contributed by atoms with Crippen LogP contribution in [0.25, 0.3) is 0 Å². The minimum absolute atomic E-state index is 0.126. The molecule has 0 radical (unpaired) electrons. The number of aromatic nitrogens is 4. The molecule has 0 aliphatic heterocycles. The fourth-order valence-corrected chi connectivity index (χ4v) is 1.87. The standard InChI is InChI=1S/C10H9N5O3S/c1-14-8(13-6-9(14)15(16)17)5-7(19-18)10-11-3-2-4-12-10/h2-4,6H,5H2,1H3. The highest BCUT2D eigenvalue weighted by molar-refractivity contribution is 7.67. The third-order valence-corrected chi connectivity index (χ3v) is 3.01. The predicted molar refractivity (Wildman–Crippen MR) is 67.8 cm³/mol. The van der Waals surface area contributed by atoms with E-state index in [0.29, 0.717) is 16.5 Å². The molecule has 0 saturated carbocycles. The Bertz CT molecular complexity index is 663. The molecular formula is C10H9N5O3S. The van der Waals surface area contributed by atoms with Gasteiger partial charge in [0, 0.05) is 12.4 Å². The van der Waals surface area contributed by atoms with Crippen LogP contribution in [-0.2, 0) is 24.7 Å². The minimum atomic E-state index is -0.528. The number of imidazole rings is 1. The molecule has 98 valence electrons. The molecule has 0 aromatic carbocycles. The third-order valence-electron chi connectivity index (χ3n) is 2.48. The van der Waals surface area contributed by atoms with E-state index in [1.54, 1.807) is 6.07 Å². The highest BCUT2D eigenvalue weighted by atomic mass is 32.1. The van der Waals surface area contributed by atoms with Gasteiger partial charge in [-0.1, -0.05) is 0 Å². The lowest BCUT2D eigenvalue weighted by Crippen LogP contribution is -2.13. The van der Waals surface area contributed by atoms with Gasteiger partial charge in [-0.15, -0.1) is 0 Å². The van der Waals surface area contributed by atoms with E-state index in [1.807, 2.05) is 0 Å². The van der Waals surface area contributed by atoms with Crippen molar-refractivity contribution in [1.82, 2.24) is 19.5 Å². The molecule has 2 heterocycles. The van der Waals surface area contributed by atoms with Crippen molar-refractivity contribution in [2.75, 3.05) is 0 Å². The Morgan fingerprint density at radius 2 is 2.11 bits per heavy atom. The highest BCUT2D eigenvalue weighted by Crippen LogP contribution is 2.12. The highest BCUT2D eigenvalue weighted by Gasteiger charge is 2.19. The summed E-state index contributed by atoms with van der Waals surface area (Å²) in [6.45, 7) is 0. The van der Waals surface area contributed by atoms with Crippen LogP contribution < -0.4 is 0 Å². The van der Waals surface area contributed by atoms with Crippen LogP contribution in [0.2, 0.25) is 0 Å². The summed E-state index contributed by atoms with van der Waals surface area (Å²) in [6.07, 6.45) is 4.37. The van der Waals surface area contributed by atoms with E-state index in [-0.39, 0.29) is 23.5 Å². The van der Waals surface area contributed by atoms with Crippen LogP contribution in [0.3, 0.4) is 0 Å². The van der Waals surface area contributed by atoms with Crippen LogP contribution in [0, 0.1) is 10.1 Å². The van der Waals surface area contributed by atoms with Gasteiger partial charge in [0.1, 0.15) is 6.20 Å². The van der Waals surface area contributed by atoms with Gasteiger partial charge in [0.05, 0.1) is 29.6 Å². The number of hydrogen-bond donors (Lipinski definition) is 0. The second-order valence-electron chi connectivity index (χ2n) is 3.60. The van der Waals surface area contributed by atoms with Gasteiger partial charge in [-0.25, -0.2) is 23.7 Å². The quantitative estimate of drug-likeness (QED) is 0.340. The molecule has 2 aromatic heterocycles. The lowest BCUT2D eigenvalue weighted by atomic mass is 10.3. The van der Waals surface area contributed by atoms with Crippen molar-refractivity contribution < 1.29 is 9.13 Å². The first-order valence-corrected chi connectivity index (χ1v) is 5.95. The predicted octanol–water partition coefficient (Wildman–Crippen LogP) is 0.0945. The van der Waals surface area contributed by atoms with Crippen LogP contribution in [0.5, 0.6) is 0 Å². The Morgan fingerprint density at radius 3 is 2.63 bits per heavy atom. The molecule has 19 heavy (non-hydrogen) atoms. The second kappa shape index (κ2) is 5.48. The molecule has 2 aromatic rings. The minimum Gasteiger partial charge on any atom is -0.358 e. The third kappa shape index (κ3) is 2.71. The van der Waals surface area contributed by atoms with E-state index in [2.05, 4.69) is 15.0 Å². The Labute approximate surface area is 111 Å². The summed E-state index contributed by atoms with van der Waals surface area (Å²) in [7, 11) is 1.53. The van der Waals surface area contributed by atoms with E-state index < -0.39 is 4.92 Å². The molecule has 0 atom stereocenters. The summed E-state index contributed by atoms with van der Waals surface area (Å²) in [5, 5.41) is 10.7. The molecule has 0 N–H and O–H groups in total. The Morgan fingerprint density at radius 1 is 1.42 bits per heavy atom. The largest absolute Gasteiger partial charge is 0.358 e. The fraction of sp³-hybridized carbons (Fsp3) is 0.200. The lowest BCUT2D eigenvalue weighted by Gasteiger charge is -2.00. The molecule has 0 fully saturated rings. The zero-order valence-corrected chi connectivity index (χ0v) is 10.7. The van der Waals surface area contributed by atoms with E-state index in [0.717, 1.165) is 6.20 Å². The zero-order chi connectivity index (χ0) is 13.8. The molecule has 0 saturated heterocycles. The van der Waals surface area contributed by atoms with E-state index in [4.69, 9.17) is 0 Å². The van der Waals surface area contributed by atoms with Crippen LogP contribution in [-0.4, -0.2) is 33.5 Å². The van der Waals surface area contributed by atoms with Gasteiger partial charge in [-0.05, 0) is 11.0 Å². The summed E-state index contributed by atoms with van der Waals surface area (Å²) in [6, 6.07) is 1.64. The molecule has 9 heteroatoms. The van der Waals surface area contributed by atoms with Gasteiger partial charge in [-0.3, -0.25) is 0 Å². The summed E-state index contributed by atoms with van der Waals surface area (Å²) in [5.41, 5.74) is 0. The van der Waals surface area contributed by atoms with Crippen molar-refractivity contribution >= 4 is 21.9 Å². The molecular weight excluding hydrogens is 270 g/mol. The average molecular weight is 279 g/mol. The number of nitrogens with zero attached hydrogens (tertiary/aromatic N) is 5. The van der Waals surface area contributed by atoms with Crippen molar-refractivity contribution in [1.29, 1.82) is 0 Å². The maximum Gasteiger partial charge on any atom is 0.342 e. The molecule has 0 bridgehead atoms. The SMILES string of the molecule is Cn1c([N+](=O)[O-])cnc1CC(=S=O)c1ncccn1. The molecule has 2 rings (SSSR count). The molecule has 0 spiro atoms. The van der Waals surface area contributed by atoms with Gasteiger partial charge < -0.3 is 10.1 Å². The molecule has 0 unspecified atom stereocenters. The van der Waals surface area contributed by atoms with E-state index in [9.17, 15) is 14.3 Å². The van der Waals surface area contributed by atoms with Crippen molar-refractivity contribution in [2.45, 2.75) is 6.42 Å². The number of nitro groups is 1. The Kier molecular flexibility index (Phi) is 3.76. The van der Waals surface area contributed by atoms with Crippen molar-refractivity contribution in [3.8, 4) is 0 Å². The second-order valence-corrected chi connectivity index (χ2v) is 4.26. The van der Waals surface area contributed by atoms with Crippen LogP contribution in [0.1, 0.15) is 11.6 Å². The van der Waals surface area contributed by atoms with Crippen LogP contribution in [0.4, 0.5) is 5.82 Å². The number of rotatable bonds is 4. The molecule has 0 aliphatic rings. The summed E-state index contributed by atoms with van der Waals surface area (Å²) < 4.78 is 12.4. The van der Waals surface area contributed by atoms with Crippen LogP contribution >= 0.6 is 0 Å². The fourth-order valence-electron chi connectivity index (χ4n) is 1.50. The zero-order valence-electron chi connectivity index (χ0n) is 9.89. The summed E-state index contributed by atoms with van der Waals surface area (Å²) in [4.78, 5) is 22.4. The van der Waals surface area contributed by atoms with Crippen molar-refractivity contribution in [3.05, 3.63) is 46.4 Å². The van der Waals surface area contributed by atoms with Gasteiger partial charge in [0.25, 0.3) is 0 Å². The number of hydrogen-bond acceptors (Lipinski definition) is 6. The smallest absolute Gasteiger partial charge is 0.342 e. The molecule has 0 amide bonds. The normalized spacial score (nSPS) is 10.2. The topological polar surface area (TPSA) is 104 Å². The first-order chi connectivity index (χ1) is 9.13. The first-order valence-electron chi connectivity index (χ1n) is 5.21. The van der Waals surface area contributed by atoms with Crippen molar-refractivity contribution in [2.24, 2.45) is 7.05 Å². The average Bonchev–Trinajstić information content (AvgIpc) is 2.78. The maximum absolute atomic E-state index is 11.1. The lowest BCUT2D eigenvalue weighted by molar-refractivity contribution is -0.391. The van der Waals surface area contributed by atoms with Crippen molar-refractivity contribution in [3.63, 3.8) is 0 Å². The first kappa shape index (κ1) is 13.0. The van der Waals surface area contributed by atoms with Crippen LogP contribution in [0.15, 0.2) is 24.7 Å². The van der Waals surface area contributed by atoms with Gasteiger partial charge in [-0.2, -0.15) is 0 Å². The Balaban J connectivity index is 2.31.